The Labute approximate surface area is 163 Å². The summed E-state index contributed by atoms with van der Waals surface area (Å²) in [6.45, 7) is 2.66. The van der Waals surface area contributed by atoms with Crippen LogP contribution in [0.15, 0.2) is 33.5 Å². The van der Waals surface area contributed by atoms with E-state index in [1.165, 1.54) is 12.5 Å². The number of ether oxygens (including phenoxy) is 2. The van der Waals surface area contributed by atoms with Gasteiger partial charge in [0.2, 0.25) is 0 Å². The molecular weight excluding hydrogens is 362 g/mol. The minimum Gasteiger partial charge on any atom is -0.482 e. The lowest BCUT2D eigenvalue weighted by molar-refractivity contribution is -0.153. The van der Waals surface area contributed by atoms with Crippen LogP contribution >= 0.6 is 0 Å². The predicted octanol–water partition coefficient (Wildman–Crippen LogP) is 2.82. The van der Waals surface area contributed by atoms with E-state index in [4.69, 9.17) is 13.9 Å². The Morgan fingerprint density at radius 1 is 1.04 bits per heavy atom. The second-order valence-electron chi connectivity index (χ2n) is 7.00. The van der Waals surface area contributed by atoms with Gasteiger partial charge in [0.05, 0.1) is 0 Å². The third-order valence-corrected chi connectivity index (χ3v) is 4.84. The second-order valence-corrected chi connectivity index (χ2v) is 7.00. The molecule has 7 nitrogen and oxygen atoms in total. The average molecular weight is 387 g/mol. The highest BCUT2D eigenvalue weighted by molar-refractivity contribution is 5.82. The summed E-state index contributed by atoms with van der Waals surface area (Å²) in [4.78, 5) is 37.4. The Kier molecular flexibility index (Phi) is 6.68. The number of likely N-dealkylation sites (tertiary alicyclic amines) is 1. The average Bonchev–Trinajstić information content (AvgIpc) is 2.63. The number of nitrogens with zero attached hydrogens (tertiary/aromatic N) is 1. The van der Waals surface area contributed by atoms with Gasteiger partial charge in [-0.3, -0.25) is 4.79 Å². The van der Waals surface area contributed by atoms with Gasteiger partial charge in [0, 0.05) is 30.6 Å². The number of carbonyl (C=O) groups excluding carboxylic acids is 2. The molecule has 0 saturated carbocycles. The molecule has 0 N–H and O–H groups in total. The van der Waals surface area contributed by atoms with E-state index < -0.39 is 11.6 Å². The number of hydrogen-bond acceptors (Lipinski definition) is 6. The van der Waals surface area contributed by atoms with E-state index >= 15 is 0 Å². The number of aryl methyl sites for hydroxylation is 1. The van der Waals surface area contributed by atoms with E-state index in [9.17, 15) is 14.4 Å². The highest BCUT2D eigenvalue weighted by Gasteiger charge is 2.17. The van der Waals surface area contributed by atoms with Crippen LogP contribution < -0.4 is 10.4 Å². The topological polar surface area (TPSA) is 86.0 Å². The maximum absolute atomic E-state index is 12.2. The first kappa shape index (κ1) is 19.9. The Morgan fingerprint density at radius 2 is 1.75 bits per heavy atom. The molecule has 1 amide bonds. The van der Waals surface area contributed by atoms with Crippen molar-refractivity contribution in [3.63, 3.8) is 0 Å². The highest BCUT2D eigenvalue weighted by atomic mass is 16.6. The van der Waals surface area contributed by atoms with Gasteiger partial charge in [0.25, 0.3) is 5.91 Å². The molecule has 7 heteroatoms. The first-order chi connectivity index (χ1) is 13.5. The minimum atomic E-state index is -0.619. The van der Waals surface area contributed by atoms with Crippen LogP contribution in [-0.2, 0) is 14.3 Å². The standard InChI is InChI=1S/C21H25NO6/c1-15-11-20(24)28-18-12-16(7-8-17(15)18)26-14-21(25)27-13-19(23)22-9-5-3-2-4-6-10-22/h7-8,11-12H,2-6,9-10,13-14H2,1H3. The number of benzene rings is 1. The van der Waals surface area contributed by atoms with Crippen molar-refractivity contribution in [2.75, 3.05) is 26.3 Å². The van der Waals surface area contributed by atoms with Crippen molar-refractivity contribution in [3.05, 3.63) is 40.2 Å². The van der Waals surface area contributed by atoms with Crippen molar-refractivity contribution in [2.24, 2.45) is 0 Å². The second kappa shape index (κ2) is 9.39. The van der Waals surface area contributed by atoms with Gasteiger partial charge in [-0.2, -0.15) is 0 Å². The van der Waals surface area contributed by atoms with E-state index in [1.54, 1.807) is 23.1 Å². The summed E-state index contributed by atoms with van der Waals surface area (Å²) < 4.78 is 15.6. The summed E-state index contributed by atoms with van der Waals surface area (Å²) in [5.74, 6) is -0.405. The number of hydrogen-bond donors (Lipinski definition) is 0. The molecule has 0 unspecified atom stereocenters. The summed E-state index contributed by atoms with van der Waals surface area (Å²) in [5, 5.41) is 0.799. The van der Waals surface area contributed by atoms with Crippen molar-refractivity contribution in [1.82, 2.24) is 4.90 Å². The molecule has 0 bridgehead atoms. The Bertz CT molecular complexity index is 895. The molecule has 2 aromatic rings. The number of carbonyl (C=O) groups is 2. The third kappa shape index (κ3) is 5.34. The van der Waals surface area contributed by atoms with Gasteiger partial charge in [0.1, 0.15) is 11.3 Å². The summed E-state index contributed by atoms with van der Waals surface area (Å²) in [5.41, 5.74) is 0.757. The molecule has 28 heavy (non-hydrogen) atoms. The van der Waals surface area contributed by atoms with Crippen LogP contribution in [0.1, 0.15) is 37.7 Å². The molecule has 3 rings (SSSR count). The first-order valence-electron chi connectivity index (χ1n) is 9.63. The highest BCUT2D eigenvalue weighted by Crippen LogP contribution is 2.22. The van der Waals surface area contributed by atoms with Crippen LogP contribution in [0.2, 0.25) is 0 Å². The van der Waals surface area contributed by atoms with E-state index in [-0.39, 0.29) is 19.1 Å². The molecule has 0 radical (unpaired) electrons. The molecule has 1 fully saturated rings. The van der Waals surface area contributed by atoms with Gasteiger partial charge in [-0.15, -0.1) is 0 Å². The normalized spacial score (nSPS) is 15.0. The quantitative estimate of drug-likeness (QED) is 0.579. The van der Waals surface area contributed by atoms with Crippen molar-refractivity contribution in [2.45, 2.75) is 39.0 Å². The van der Waals surface area contributed by atoms with Gasteiger partial charge in [-0.05, 0) is 37.5 Å². The van der Waals surface area contributed by atoms with Crippen LogP contribution in [0.4, 0.5) is 0 Å². The van der Waals surface area contributed by atoms with E-state index in [0.717, 1.165) is 36.6 Å². The number of esters is 1. The molecule has 1 saturated heterocycles. The molecule has 1 aromatic carbocycles. The summed E-state index contributed by atoms with van der Waals surface area (Å²) in [7, 11) is 0. The number of rotatable bonds is 5. The summed E-state index contributed by atoms with van der Waals surface area (Å²) >= 11 is 0. The molecule has 2 heterocycles. The number of amides is 1. The minimum absolute atomic E-state index is 0.168. The molecule has 1 aliphatic rings. The van der Waals surface area contributed by atoms with E-state index in [0.29, 0.717) is 24.4 Å². The fourth-order valence-corrected chi connectivity index (χ4v) is 3.31. The zero-order chi connectivity index (χ0) is 19.9. The van der Waals surface area contributed by atoms with Gasteiger partial charge >= 0.3 is 11.6 Å². The third-order valence-electron chi connectivity index (χ3n) is 4.84. The zero-order valence-electron chi connectivity index (χ0n) is 16.1. The van der Waals surface area contributed by atoms with Crippen LogP contribution in [-0.4, -0.2) is 43.1 Å². The van der Waals surface area contributed by atoms with Crippen LogP contribution in [0.5, 0.6) is 5.75 Å². The first-order valence-corrected chi connectivity index (χ1v) is 9.63. The van der Waals surface area contributed by atoms with Crippen molar-refractivity contribution < 1.29 is 23.5 Å². The lowest BCUT2D eigenvalue weighted by atomic mass is 10.1. The molecule has 1 aromatic heterocycles. The van der Waals surface area contributed by atoms with Crippen molar-refractivity contribution >= 4 is 22.8 Å². The molecule has 0 aliphatic carbocycles. The fourth-order valence-electron chi connectivity index (χ4n) is 3.31. The van der Waals surface area contributed by atoms with Crippen LogP contribution in [0, 0.1) is 6.92 Å². The van der Waals surface area contributed by atoms with Gasteiger partial charge in [0.15, 0.2) is 13.2 Å². The monoisotopic (exact) mass is 387 g/mol. The zero-order valence-corrected chi connectivity index (χ0v) is 16.1. The fraction of sp³-hybridized carbons (Fsp3) is 0.476. The van der Waals surface area contributed by atoms with Crippen LogP contribution in [0.25, 0.3) is 11.0 Å². The summed E-state index contributed by atoms with van der Waals surface area (Å²) in [6.07, 6.45) is 5.44. The van der Waals surface area contributed by atoms with Crippen LogP contribution in [0.3, 0.4) is 0 Å². The Balaban J connectivity index is 1.49. The van der Waals surface area contributed by atoms with Crippen molar-refractivity contribution in [1.29, 1.82) is 0 Å². The van der Waals surface area contributed by atoms with Gasteiger partial charge in [-0.1, -0.05) is 19.3 Å². The van der Waals surface area contributed by atoms with Gasteiger partial charge in [-0.25, -0.2) is 9.59 Å². The molecule has 0 atom stereocenters. The molecule has 150 valence electrons. The lowest BCUT2D eigenvalue weighted by Gasteiger charge is -2.24. The smallest absolute Gasteiger partial charge is 0.344 e. The molecule has 0 spiro atoms. The lowest BCUT2D eigenvalue weighted by Crippen LogP contribution is -2.37. The van der Waals surface area contributed by atoms with E-state index in [1.807, 2.05) is 6.92 Å². The van der Waals surface area contributed by atoms with Gasteiger partial charge < -0.3 is 18.8 Å². The molecule has 1 aliphatic heterocycles. The Hall–Kier alpha value is -2.83. The molecular formula is C21H25NO6. The maximum Gasteiger partial charge on any atom is 0.344 e. The number of fused-ring (bicyclic) bond motifs is 1. The predicted molar refractivity (Wildman–Crippen MR) is 103 cm³/mol. The van der Waals surface area contributed by atoms with Crippen molar-refractivity contribution in [3.8, 4) is 5.75 Å². The Morgan fingerprint density at radius 3 is 2.50 bits per heavy atom. The van der Waals surface area contributed by atoms with E-state index in [2.05, 4.69) is 0 Å². The summed E-state index contributed by atoms with van der Waals surface area (Å²) in [6, 6.07) is 6.43. The largest absolute Gasteiger partial charge is 0.482 e. The SMILES string of the molecule is Cc1cc(=O)oc2cc(OCC(=O)OCC(=O)N3CCCCCCC3)ccc12. The maximum atomic E-state index is 12.2.